The SMILES string of the molecule is O=C1NC=Cc2ccccc2C1Cl. The third-order valence-electron chi connectivity index (χ3n) is 1.99. The second-order valence-corrected chi connectivity index (χ2v) is 3.27. The second-order valence-electron chi connectivity index (χ2n) is 2.83. The first kappa shape index (κ1) is 8.32. The highest BCUT2D eigenvalue weighted by Crippen LogP contribution is 2.26. The molecule has 2 rings (SSSR count). The molecule has 3 heteroatoms. The third-order valence-corrected chi connectivity index (χ3v) is 2.42. The fourth-order valence-corrected chi connectivity index (χ4v) is 1.58. The van der Waals surface area contributed by atoms with E-state index >= 15 is 0 Å². The molecule has 0 aromatic heterocycles. The summed E-state index contributed by atoms with van der Waals surface area (Å²) in [7, 11) is 0. The summed E-state index contributed by atoms with van der Waals surface area (Å²) in [5, 5.41) is 2.00. The number of fused-ring (bicyclic) bond motifs is 1. The van der Waals surface area contributed by atoms with Crippen molar-refractivity contribution in [2.45, 2.75) is 5.38 Å². The molecule has 0 spiro atoms. The molecule has 0 radical (unpaired) electrons. The highest BCUT2D eigenvalue weighted by atomic mass is 35.5. The third kappa shape index (κ3) is 1.45. The van der Waals surface area contributed by atoms with E-state index in [1.54, 1.807) is 6.20 Å². The lowest BCUT2D eigenvalue weighted by molar-refractivity contribution is -0.119. The van der Waals surface area contributed by atoms with E-state index in [1.165, 1.54) is 0 Å². The molecule has 1 aliphatic rings. The molecule has 13 heavy (non-hydrogen) atoms. The summed E-state index contributed by atoms with van der Waals surface area (Å²) in [6, 6.07) is 7.59. The van der Waals surface area contributed by atoms with Gasteiger partial charge in [0, 0.05) is 6.20 Å². The van der Waals surface area contributed by atoms with Crippen molar-refractivity contribution in [3.05, 3.63) is 41.6 Å². The average molecular weight is 194 g/mol. The van der Waals surface area contributed by atoms with Gasteiger partial charge in [-0.05, 0) is 17.2 Å². The Kier molecular flexibility index (Phi) is 2.07. The zero-order valence-corrected chi connectivity index (χ0v) is 7.58. The van der Waals surface area contributed by atoms with E-state index in [4.69, 9.17) is 11.6 Å². The molecule has 2 nitrogen and oxygen atoms in total. The number of rotatable bonds is 0. The smallest absolute Gasteiger partial charge is 0.246 e. The summed E-state index contributed by atoms with van der Waals surface area (Å²) in [4.78, 5) is 11.3. The average Bonchev–Trinajstić information content (AvgIpc) is 2.29. The van der Waals surface area contributed by atoms with E-state index in [0.717, 1.165) is 11.1 Å². The van der Waals surface area contributed by atoms with Gasteiger partial charge in [-0.25, -0.2) is 0 Å². The second kappa shape index (κ2) is 3.23. The van der Waals surface area contributed by atoms with Crippen LogP contribution in [0, 0.1) is 0 Å². The van der Waals surface area contributed by atoms with Gasteiger partial charge in [-0.15, -0.1) is 11.6 Å². The van der Waals surface area contributed by atoms with Crippen LogP contribution in [0.25, 0.3) is 6.08 Å². The molecular weight excluding hydrogens is 186 g/mol. The molecule has 1 aromatic rings. The number of nitrogens with one attached hydrogen (secondary N) is 1. The van der Waals surface area contributed by atoms with Crippen molar-refractivity contribution in [2.24, 2.45) is 0 Å². The number of carbonyl (C=O) groups excluding carboxylic acids is 1. The molecule has 1 atom stereocenters. The Hall–Kier alpha value is -1.28. The lowest BCUT2D eigenvalue weighted by Gasteiger charge is -2.07. The Balaban J connectivity index is 2.54. The maximum atomic E-state index is 11.3. The van der Waals surface area contributed by atoms with Gasteiger partial charge < -0.3 is 5.32 Å². The van der Waals surface area contributed by atoms with Crippen LogP contribution in [-0.2, 0) is 4.79 Å². The van der Waals surface area contributed by atoms with Gasteiger partial charge in [0.25, 0.3) is 0 Å². The molecule has 1 N–H and O–H groups in total. The Morgan fingerprint density at radius 3 is 2.92 bits per heavy atom. The van der Waals surface area contributed by atoms with Gasteiger partial charge in [-0.1, -0.05) is 24.3 Å². The molecule has 1 heterocycles. The highest BCUT2D eigenvalue weighted by Gasteiger charge is 2.20. The van der Waals surface area contributed by atoms with Crippen molar-refractivity contribution in [1.29, 1.82) is 0 Å². The van der Waals surface area contributed by atoms with Crippen molar-refractivity contribution in [3.8, 4) is 0 Å². The van der Waals surface area contributed by atoms with Crippen LogP contribution in [-0.4, -0.2) is 5.91 Å². The molecule has 1 aromatic carbocycles. The van der Waals surface area contributed by atoms with E-state index < -0.39 is 5.38 Å². The van der Waals surface area contributed by atoms with Gasteiger partial charge in [-0.3, -0.25) is 4.79 Å². The largest absolute Gasteiger partial charge is 0.331 e. The van der Waals surface area contributed by atoms with E-state index in [-0.39, 0.29) is 5.91 Å². The minimum absolute atomic E-state index is 0.178. The van der Waals surface area contributed by atoms with Gasteiger partial charge in [0.05, 0.1) is 0 Å². The van der Waals surface area contributed by atoms with Crippen molar-refractivity contribution in [3.63, 3.8) is 0 Å². The first-order valence-corrected chi connectivity index (χ1v) is 4.42. The van der Waals surface area contributed by atoms with Gasteiger partial charge in [0.15, 0.2) is 0 Å². The Morgan fingerprint density at radius 1 is 1.31 bits per heavy atom. The maximum Gasteiger partial charge on any atom is 0.246 e. The van der Waals surface area contributed by atoms with Crippen molar-refractivity contribution >= 4 is 23.6 Å². The molecule has 0 saturated heterocycles. The van der Waals surface area contributed by atoms with Crippen LogP contribution in [0.1, 0.15) is 16.5 Å². The summed E-state index contributed by atoms with van der Waals surface area (Å²) in [5.74, 6) is -0.178. The number of alkyl halides is 1. The van der Waals surface area contributed by atoms with E-state index in [0.29, 0.717) is 0 Å². The van der Waals surface area contributed by atoms with Crippen LogP contribution in [0.15, 0.2) is 30.5 Å². The van der Waals surface area contributed by atoms with E-state index in [1.807, 2.05) is 30.3 Å². The van der Waals surface area contributed by atoms with Crippen LogP contribution >= 0.6 is 11.6 Å². The summed E-state index contributed by atoms with van der Waals surface area (Å²) >= 11 is 5.95. The minimum atomic E-state index is -0.591. The molecule has 0 saturated carbocycles. The van der Waals surface area contributed by atoms with E-state index in [2.05, 4.69) is 5.32 Å². The lowest BCUT2D eigenvalue weighted by Crippen LogP contribution is -2.20. The predicted molar refractivity (Wildman–Crippen MR) is 52.2 cm³/mol. The summed E-state index contributed by atoms with van der Waals surface area (Å²) in [6.07, 6.45) is 3.46. The quantitative estimate of drug-likeness (QED) is 0.628. The molecule has 66 valence electrons. The van der Waals surface area contributed by atoms with Gasteiger partial charge >= 0.3 is 0 Å². The topological polar surface area (TPSA) is 29.1 Å². The van der Waals surface area contributed by atoms with Crippen molar-refractivity contribution in [2.75, 3.05) is 0 Å². The monoisotopic (exact) mass is 193 g/mol. The molecule has 0 aliphatic carbocycles. The Labute approximate surface area is 81.2 Å². The summed E-state index contributed by atoms with van der Waals surface area (Å²) < 4.78 is 0. The van der Waals surface area contributed by atoms with Crippen LogP contribution in [0.2, 0.25) is 0 Å². The number of benzene rings is 1. The van der Waals surface area contributed by atoms with Crippen LogP contribution in [0.4, 0.5) is 0 Å². The molecule has 0 bridgehead atoms. The van der Waals surface area contributed by atoms with E-state index in [9.17, 15) is 4.79 Å². The Morgan fingerprint density at radius 2 is 2.08 bits per heavy atom. The molecule has 1 amide bonds. The summed E-state index contributed by atoms with van der Waals surface area (Å²) in [6.45, 7) is 0. The standard InChI is InChI=1S/C10H8ClNO/c11-9-8-4-2-1-3-7(8)5-6-12-10(9)13/h1-6,9H,(H,12,13). The fourth-order valence-electron chi connectivity index (χ4n) is 1.32. The minimum Gasteiger partial charge on any atom is -0.331 e. The first-order valence-electron chi connectivity index (χ1n) is 3.99. The summed E-state index contributed by atoms with van der Waals surface area (Å²) in [5.41, 5.74) is 1.84. The molecule has 1 aliphatic heterocycles. The normalized spacial score (nSPS) is 20.4. The number of carbonyl (C=O) groups is 1. The van der Waals surface area contributed by atoms with Crippen LogP contribution in [0.5, 0.6) is 0 Å². The molecular formula is C10H8ClNO. The van der Waals surface area contributed by atoms with Gasteiger partial charge in [-0.2, -0.15) is 0 Å². The van der Waals surface area contributed by atoms with Crippen LogP contribution < -0.4 is 5.32 Å². The molecule has 1 unspecified atom stereocenters. The maximum absolute atomic E-state index is 11.3. The zero-order chi connectivity index (χ0) is 9.26. The van der Waals surface area contributed by atoms with Crippen molar-refractivity contribution < 1.29 is 4.79 Å². The van der Waals surface area contributed by atoms with Crippen LogP contribution in [0.3, 0.4) is 0 Å². The number of hydrogen-bond acceptors (Lipinski definition) is 1. The number of hydrogen-bond donors (Lipinski definition) is 1. The fraction of sp³-hybridized carbons (Fsp3) is 0.100. The zero-order valence-electron chi connectivity index (χ0n) is 6.83. The number of amides is 1. The Bertz CT molecular complexity index is 373. The predicted octanol–water partition coefficient (Wildman–Crippen LogP) is 2.07. The first-order chi connectivity index (χ1) is 6.29. The van der Waals surface area contributed by atoms with Crippen molar-refractivity contribution in [1.82, 2.24) is 5.32 Å². The number of halogens is 1. The van der Waals surface area contributed by atoms with Gasteiger partial charge in [0.2, 0.25) is 5.91 Å². The highest BCUT2D eigenvalue weighted by molar-refractivity contribution is 6.31. The molecule has 0 fully saturated rings. The lowest BCUT2D eigenvalue weighted by atomic mass is 10.1. The van der Waals surface area contributed by atoms with Gasteiger partial charge in [0.1, 0.15) is 5.38 Å².